The van der Waals surface area contributed by atoms with Gasteiger partial charge in [-0.25, -0.2) is 4.98 Å². The second kappa shape index (κ2) is 7.06. The van der Waals surface area contributed by atoms with Crippen molar-refractivity contribution in [1.29, 1.82) is 0 Å². The van der Waals surface area contributed by atoms with Crippen LogP contribution in [0.15, 0.2) is 12.3 Å². The Morgan fingerprint density at radius 2 is 2.18 bits per heavy atom. The van der Waals surface area contributed by atoms with Crippen LogP contribution in [0.2, 0.25) is 0 Å². The normalized spacial score (nSPS) is 12.5. The molecule has 2 N–H and O–H groups in total. The Morgan fingerprint density at radius 3 is 2.82 bits per heavy atom. The largest absolute Gasteiger partial charge is 0.475 e. The number of rotatable bonds is 7. The monoisotopic (exact) mass is 239 g/mol. The summed E-state index contributed by atoms with van der Waals surface area (Å²) in [6, 6.07) is 1.97. The Morgan fingerprint density at radius 1 is 1.41 bits per heavy atom. The first-order valence-corrected chi connectivity index (χ1v) is 5.99. The molecule has 0 saturated carbocycles. The number of hydrogen-bond acceptors (Lipinski definition) is 5. The van der Waals surface area contributed by atoms with Gasteiger partial charge in [0.05, 0.1) is 6.10 Å². The van der Waals surface area contributed by atoms with Crippen molar-refractivity contribution < 1.29 is 9.84 Å². The molecule has 0 aliphatic rings. The molecule has 5 heteroatoms. The van der Waals surface area contributed by atoms with Gasteiger partial charge >= 0.3 is 0 Å². The third-order valence-electron chi connectivity index (χ3n) is 2.16. The Hall–Kier alpha value is -1.36. The third-order valence-corrected chi connectivity index (χ3v) is 2.16. The number of hydrogen-bond donors (Lipinski definition) is 2. The van der Waals surface area contributed by atoms with Crippen molar-refractivity contribution in [2.75, 3.05) is 11.9 Å². The molecule has 0 spiro atoms. The fourth-order valence-electron chi connectivity index (χ4n) is 1.41. The van der Waals surface area contributed by atoms with Gasteiger partial charge in [0.25, 0.3) is 0 Å². The first-order chi connectivity index (χ1) is 8.11. The minimum atomic E-state index is 0.101. The van der Waals surface area contributed by atoms with E-state index in [9.17, 15) is 0 Å². The van der Waals surface area contributed by atoms with E-state index in [0.717, 1.165) is 12.8 Å². The van der Waals surface area contributed by atoms with Crippen molar-refractivity contribution in [2.45, 2.75) is 45.8 Å². The molecule has 0 saturated heterocycles. The van der Waals surface area contributed by atoms with Crippen LogP contribution < -0.4 is 10.1 Å². The van der Waals surface area contributed by atoms with Gasteiger partial charge in [-0.3, -0.25) is 0 Å². The standard InChI is InChI=1S/C12H21N3O2/c1-9(2)17-11-6-7-13-12(15-11)14-10(3)5-4-8-16/h6-7,9-10,16H,4-5,8H2,1-3H3,(H,13,14,15). The molecule has 0 fully saturated rings. The van der Waals surface area contributed by atoms with E-state index in [4.69, 9.17) is 9.84 Å². The molecule has 0 bridgehead atoms. The van der Waals surface area contributed by atoms with Crippen LogP contribution in [0.4, 0.5) is 5.95 Å². The average molecular weight is 239 g/mol. The number of aliphatic hydroxyl groups excluding tert-OH is 1. The van der Waals surface area contributed by atoms with Crippen LogP contribution >= 0.6 is 0 Å². The lowest BCUT2D eigenvalue weighted by Gasteiger charge is -2.14. The second-order valence-electron chi connectivity index (χ2n) is 4.30. The van der Waals surface area contributed by atoms with Gasteiger partial charge in [-0.05, 0) is 33.6 Å². The van der Waals surface area contributed by atoms with Gasteiger partial charge in [0.1, 0.15) is 0 Å². The van der Waals surface area contributed by atoms with Gasteiger partial charge in [0.15, 0.2) is 0 Å². The van der Waals surface area contributed by atoms with Crippen molar-refractivity contribution in [3.05, 3.63) is 12.3 Å². The van der Waals surface area contributed by atoms with Crippen LogP contribution in [-0.4, -0.2) is 33.8 Å². The molecule has 17 heavy (non-hydrogen) atoms. The Bertz CT molecular complexity index is 331. The van der Waals surface area contributed by atoms with E-state index in [1.165, 1.54) is 0 Å². The quantitative estimate of drug-likeness (QED) is 0.760. The highest BCUT2D eigenvalue weighted by Gasteiger charge is 2.05. The van der Waals surface area contributed by atoms with E-state index in [-0.39, 0.29) is 18.8 Å². The van der Waals surface area contributed by atoms with E-state index in [1.807, 2.05) is 20.8 Å². The zero-order valence-corrected chi connectivity index (χ0v) is 10.7. The highest BCUT2D eigenvalue weighted by molar-refractivity contribution is 5.28. The average Bonchev–Trinajstić information content (AvgIpc) is 2.26. The summed E-state index contributed by atoms with van der Waals surface area (Å²) in [6.45, 7) is 6.16. The Balaban J connectivity index is 2.53. The predicted molar refractivity (Wildman–Crippen MR) is 67.2 cm³/mol. The van der Waals surface area contributed by atoms with Gasteiger partial charge in [0.2, 0.25) is 11.8 Å². The van der Waals surface area contributed by atoms with Crippen LogP contribution in [0.3, 0.4) is 0 Å². The number of aliphatic hydroxyl groups is 1. The maximum atomic E-state index is 8.75. The molecule has 1 aromatic heterocycles. The summed E-state index contributed by atoms with van der Waals surface area (Å²) in [5.74, 6) is 1.14. The summed E-state index contributed by atoms with van der Waals surface area (Å²) in [4.78, 5) is 8.38. The van der Waals surface area contributed by atoms with E-state index >= 15 is 0 Å². The molecule has 0 amide bonds. The summed E-state index contributed by atoms with van der Waals surface area (Å²) in [5.41, 5.74) is 0. The van der Waals surface area contributed by atoms with Gasteiger partial charge in [-0.15, -0.1) is 0 Å². The van der Waals surface area contributed by atoms with Crippen LogP contribution in [0.1, 0.15) is 33.6 Å². The maximum Gasteiger partial charge on any atom is 0.226 e. The van der Waals surface area contributed by atoms with Crippen LogP contribution in [-0.2, 0) is 0 Å². The fraction of sp³-hybridized carbons (Fsp3) is 0.667. The minimum absolute atomic E-state index is 0.101. The van der Waals surface area contributed by atoms with Crippen molar-refractivity contribution >= 4 is 5.95 Å². The summed E-state index contributed by atoms with van der Waals surface area (Å²) >= 11 is 0. The van der Waals surface area contributed by atoms with Crippen molar-refractivity contribution in [1.82, 2.24) is 9.97 Å². The molecule has 1 atom stereocenters. The molecule has 1 heterocycles. The Kier molecular flexibility index (Phi) is 5.69. The molecule has 1 unspecified atom stereocenters. The molecular formula is C12H21N3O2. The van der Waals surface area contributed by atoms with Crippen LogP contribution in [0, 0.1) is 0 Å². The van der Waals surface area contributed by atoms with E-state index in [1.54, 1.807) is 12.3 Å². The summed E-state index contributed by atoms with van der Waals surface area (Å²) in [7, 11) is 0. The van der Waals surface area contributed by atoms with Gasteiger partial charge in [-0.1, -0.05) is 0 Å². The third kappa shape index (κ3) is 5.49. The molecule has 1 rings (SSSR count). The lowest BCUT2D eigenvalue weighted by Crippen LogP contribution is -2.18. The SMILES string of the molecule is CC(CCCO)Nc1nccc(OC(C)C)n1. The van der Waals surface area contributed by atoms with Gasteiger partial charge in [0, 0.05) is 24.9 Å². The zero-order chi connectivity index (χ0) is 12.7. The lowest BCUT2D eigenvalue weighted by molar-refractivity contribution is 0.232. The van der Waals surface area contributed by atoms with Crippen molar-refractivity contribution in [2.24, 2.45) is 0 Å². The first kappa shape index (κ1) is 13.7. The highest BCUT2D eigenvalue weighted by Crippen LogP contribution is 2.11. The van der Waals surface area contributed by atoms with E-state index in [0.29, 0.717) is 11.8 Å². The van der Waals surface area contributed by atoms with E-state index < -0.39 is 0 Å². The maximum absolute atomic E-state index is 8.75. The zero-order valence-electron chi connectivity index (χ0n) is 10.7. The smallest absolute Gasteiger partial charge is 0.226 e. The van der Waals surface area contributed by atoms with E-state index in [2.05, 4.69) is 15.3 Å². The summed E-state index contributed by atoms with van der Waals surface area (Å²) in [5, 5.41) is 11.9. The summed E-state index contributed by atoms with van der Waals surface area (Å²) in [6.07, 6.45) is 3.43. The fourth-order valence-corrected chi connectivity index (χ4v) is 1.41. The molecule has 5 nitrogen and oxygen atoms in total. The molecule has 1 aromatic rings. The number of anilines is 1. The molecule has 0 aromatic carbocycles. The van der Waals surface area contributed by atoms with Crippen molar-refractivity contribution in [3.8, 4) is 5.88 Å². The topological polar surface area (TPSA) is 67.3 Å². The number of aromatic nitrogens is 2. The summed E-state index contributed by atoms with van der Waals surface area (Å²) < 4.78 is 5.49. The highest BCUT2D eigenvalue weighted by atomic mass is 16.5. The first-order valence-electron chi connectivity index (χ1n) is 5.99. The molecule has 0 aliphatic heterocycles. The van der Waals surface area contributed by atoms with Crippen LogP contribution in [0.25, 0.3) is 0 Å². The van der Waals surface area contributed by atoms with Crippen molar-refractivity contribution in [3.63, 3.8) is 0 Å². The number of nitrogens with zero attached hydrogens (tertiary/aromatic N) is 2. The van der Waals surface area contributed by atoms with Gasteiger partial charge < -0.3 is 15.2 Å². The molecule has 96 valence electrons. The second-order valence-corrected chi connectivity index (χ2v) is 4.30. The number of ether oxygens (including phenoxy) is 1. The lowest BCUT2D eigenvalue weighted by atomic mass is 10.2. The predicted octanol–water partition coefficient (Wildman–Crippen LogP) is 1.84. The number of nitrogens with one attached hydrogen (secondary N) is 1. The van der Waals surface area contributed by atoms with Crippen LogP contribution in [0.5, 0.6) is 5.88 Å². The molecular weight excluding hydrogens is 218 g/mol. The Labute approximate surface area is 102 Å². The molecule has 0 radical (unpaired) electrons. The van der Waals surface area contributed by atoms with Gasteiger partial charge in [-0.2, -0.15) is 4.98 Å². The minimum Gasteiger partial charge on any atom is -0.475 e. The molecule has 0 aliphatic carbocycles.